The van der Waals surface area contributed by atoms with E-state index in [1.807, 2.05) is 71.0 Å². The third kappa shape index (κ3) is 4.25. The lowest BCUT2D eigenvalue weighted by atomic mass is 10.1. The first-order valence-corrected chi connectivity index (χ1v) is 11.5. The Morgan fingerprint density at radius 2 is 1.94 bits per heavy atom. The van der Waals surface area contributed by atoms with E-state index in [9.17, 15) is 9.59 Å². The van der Waals surface area contributed by atoms with E-state index in [0.717, 1.165) is 38.0 Å². The maximum atomic E-state index is 13.1. The van der Waals surface area contributed by atoms with Crippen molar-refractivity contribution in [2.24, 2.45) is 0 Å². The van der Waals surface area contributed by atoms with Crippen LogP contribution >= 0.6 is 11.3 Å². The third-order valence-electron chi connectivity index (χ3n) is 5.57. The zero-order valence-corrected chi connectivity index (χ0v) is 19.8. The van der Waals surface area contributed by atoms with E-state index in [1.165, 1.54) is 4.90 Å². The van der Waals surface area contributed by atoms with Crippen LogP contribution in [0.5, 0.6) is 5.75 Å². The van der Waals surface area contributed by atoms with Crippen LogP contribution in [0.1, 0.15) is 34.4 Å². The van der Waals surface area contributed by atoms with Crippen molar-refractivity contribution in [2.45, 2.75) is 47.1 Å². The highest BCUT2D eigenvalue weighted by Crippen LogP contribution is 2.39. The molecule has 32 heavy (non-hydrogen) atoms. The van der Waals surface area contributed by atoms with Crippen molar-refractivity contribution < 1.29 is 14.3 Å². The standard InChI is InChI=1S/C25H27N3O3S/c1-6-21-25(30)28(13-23(29)27-19-9-7-14(2)11-15(19)3)20-12-18(8-10-22(20)31-21)24-16(4)32-17(5)26-24/h7-12,21H,6,13H2,1-5H3,(H,27,29). The first kappa shape index (κ1) is 22.0. The van der Waals surface area contributed by atoms with Crippen LogP contribution in [0.15, 0.2) is 36.4 Å². The molecule has 3 aromatic rings. The van der Waals surface area contributed by atoms with Crippen LogP contribution in [0.2, 0.25) is 0 Å². The Balaban J connectivity index is 1.66. The van der Waals surface area contributed by atoms with Crippen molar-refractivity contribution >= 4 is 34.5 Å². The van der Waals surface area contributed by atoms with Gasteiger partial charge in [-0.05, 0) is 63.9 Å². The predicted octanol–water partition coefficient (Wildman–Crippen LogP) is 5.19. The number of fused-ring (bicyclic) bond motifs is 1. The Labute approximate surface area is 192 Å². The number of amides is 2. The highest BCUT2D eigenvalue weighted by atomic mass is 32.1. The van der Waals surface area contributed by atoms with E-state index in [0.29, 0.717) is 17.9 Å². The normalized spacial score (nSPS) is 15.3. The first-order chi connectivity index (χ1) is 15.3. The van der Waals surface area contributed by atoms with Crippen LogP contribution in [-0.4, -0.2) is 29.4 Å². The summed E-state index contributed by atoms with van der Waals surface area (Å²) in [4.78, 5) is 33.3. The van der Waals surface area contributed by atoms with Gasteiger partial charge in [0.1, 0.15) is 12.3 Å². The molecule has 0 saturated heterocycles. The summed E-state index contributed by atoms with van der Waals surface area (Å²) in [6, 6.07) is 11.6. The number of nitrogens with one attached hydrogen (secondary N) is 1. The molecule has 166 valence electrons. The fourth-order valence-corrected chi connectivity index (χ4v) is 4.82. The van der Waals surface area contributed by atoms with Gasteiger partial charge in [0.25, 0.3) is 5.91 Å². The number of ether oxygens (including phenoxy) is 1. The highest BCUT2D eigenvalue weighted by Gasteiger charge is 2.35. The van der Waals surface area contributed by atoms with E-state index in [4.69, 9.17) is 4.74 Å². The molecule has 7 heteroatoms. The molecule has 1 atom stereocenters. The predicted molar refractivity (Wildman–Crippen MR) is 129 cm³/mol. The zero-order valence-electron chi connectivity index (χ0n) is 19.0. The number of carbonyl (C=O) groups is 2. The highest BCUT2D eigenvalue weighted by molar-refractivity contribution is 7.11. The van der Waals surface area contributed by atoms with Gasteiger partial charge in [0, 0.05) is 16.1 Å². The Bertz CT molecular complexity index is 1200. The van der Waals surface area contributed by atoms with Gasteiger partial charge in [0.15, 0.2) is 6.10 Å². The number of hydrogen-bond donors (Lipinski definition) is 1. The minimum absolute atomic E-state index is 0.0858. The Morgan fingerprint density at radius 3 is 2.59 bits per heavy atom. The van der Waals surface area contributed by atoms with Crippen LogP contribution in [-0.2, 0) is 9.59 Å². The van der Waals surface area contributed by atoms with Crippen LogP contribution in [0, 0.1) is 27.7 Å². The fraction of sp³-hybridized carbons (Fsp3) is 0.320. The molecule has 0 spiro atoms. The zero-order chi connectivity index (χ0) is 23.0. The number of rotatable bonds is 5. The summed E-state index contributed by atoms with van der Waals surface area (Å²) in [6.07, 6.45) is -0.0786. The minimum Gasteiger partial charge on any atom is -0.478 e. The van der Waals surface area contributed by atoms with Gasteiger partial charge in [0.2, 0.25) is 5.91 Å². The lowest BCUT2D eigenvalue weighted by Crippen LogP contribution is -2.48. The largest absolute Gasteiger partial charge is 0.478 e. The lowest BCUT2D eigenvalue weighted by Gasteiger charge is -2.34. The van der Waals surface area contributed by atoms with Gasteiger partial charge in [-0.2, -0.15) is 0 Å². The van der Waals surface area contributed by atoms with Crippen LogP contribution in [0.4, 0.5) is 11.4 Å². The molecule has 0 radical (unpaired) electrons. The molecule has 1 aliphatic heterocycles. The number of thiazole rings is 1. The van der Waals surface area contributed by atoms with E-state index < -0.39 is 6.10 Å². The van der Waals surface area contributed by atoms with Gasteiger partial charge in [-0.15, -0.1) is 11.3 Å². The van der Waals surface area contributed by atoms with E-state index >= 15 is 0 Å². The molecule has 1 unspecified atom stereocenters. The molecule has 2 aromatic carbocycles. The summed E-state index contributed by atoms with van der Waals surface area (Å²) in [5.41, 5.74) is 5.24. The van der Waals surface area contributed by atoms with E-state index in [1.54, 1.807) is 11.3 Å². The summed E-state index contributed by atoms with van der Waals surface area (Å²) >= 11 is 1.63. The topological polar surface area (TPSA) is 71.5 Å². The van der Waals surface area contributed by atoms with Crippen molar-refractivity contribution in [2.75, 3.05) is 16.8 Å². The van der Waals surface area contributed by atoms with Crippen LogP contribution in [0.25, 0.3) is 11.3 Å². The fourth-order valence-electron chi connectivity index (χ4n) is 3.98. The number of carbonyl (C=O) groups excluding carboxylic acids is 2. The van der Waals surface area contributed by atoms with Crippen molar-refractivity contribution in [1.29, 1.82) is 0 Å². The first-order valence-electron chi connectivity index (χ1n) is 10.7. The summed E-state index contributed by atoms with van der Waals surface area (Å²) < 4.78 is 5.94. The number of aryl methyl sites for hydroxylation is 4. The van der Waals surface area contributed by atoms with Gasteiger partial charge in [-0.1, -0.05) is 24.6 Å². The molecule has 6 nitrogen and oxygen atoms in total. The number of hydrogen-bond acceptors (Lipinski definition) is 5. The van der Waals surface area contributed by atoms with Gasteiger partial charge >= 0.3 is 0 Å². The Morgan fingerprint density at radius 1 is 1.16 bits per heavy atom. The van der Waals surface area contributed by atoms with Crippen LogP contribution in [0.3, 0.4) is 0 Å². The molecule has 1 N–H and O–H groups in total. The maximum Gasteiger partial charge on any atom is 0.268 e. The molecule has 0 saturated carbocycles. The SMILES string of the molecule is CCC1Oc2ccc(-c3nc(C)sc3C)cc2N(CC(=O)Nc2ccc(C)cc2C)C1=O. The second kappa shape index (κ2) is 8.74. The average molecular weight is 450 g/mol. The summed E-state index contributed by atoms with van der Waals surface area (Å²) in [6.45, 7) is 9.78. The number of aromatic nitrogens is 1. The molecule has 2 amide bonds. The summed E-state index contributed by atoms with van der Waals surface area (Å²) in [5.74, 6) is 0.141. The van der Waals surface area contributed by atoms with Crippen molar-refractivity contribution in [1.82, 2.24) is 4.98 Å². The number of nitrogens with zero attached hydrogens (tertiary/aromatic N) is 2. The molecular weight excluding hydrogens is 422 g/mol. The summed E-state index contributed by atoms with van der Waals surface area (Å²) in [5, 5.41) is 3.93. The molecule has 2 heterocycles. The quantitative estimate of drug-likeness (QED) is 0.582. The molecule has 1 aliphatic rings. The number of benzene rings is 2. The van der Waals surface area contributed by atoms with E-state index in [2.05, 4.69) is 10.3 Å². The maximum absolute atomic E-state index is 13.1. The average Bonchev–Trinajstić information content (AvgIpc) is 3.09. The smallest absolute Gasteiger partial charge is 0.268 e. The third-order valence-corrected chi connectivity index (χ3v) is 6.45. The van der Waals surface area contributed by atoms with Crippen molar-refractivity contribution in [3.8, 4) is 17.0 Å². The molecule has 0 bridgehead atoms. The van der Waals surface area contributed by atoms with Gasteiger partial charge in [-0.25, -0.2) is 4.98 Å². The van der Waals surface area contributed by atoms with Gasteiger partial charge in [-0.3, -0.25) is 14.5 Å². The Kier molecular flexibility index (Phi) is 6.02. The molecule has 1 aromatic heterocycles. The second-order valence-electron chi connectivity index (χ2n) is 8.13. The summed E-state index contributed by atoms with van der Waals surface area (Å²) in [7, 11) is 0. The van der Waals surface area contributed by atoms with Gasteiger partial charge < -0.3 is 10.1 Å². The monoisotopic (exact) mass is 449 g/mol. The van der Waals surface area contributed by atoms with E-state index in [-0.39, 0.29) is 18.4 Å². The lowest BCUT2D eigenvalue weighted by molar-refractivity contribution is -0.128. The Hall–Kier alpha value is -3.19. The van der Waals surface area contributed by atoms with Crippen molar-refractivity contribution in [3.63, 3.8) is 0 Å². The molecular formula is C25H27N3O3S. The minimum atomic E-state index is -0.606. The molecule has 4 rings (SSSR count). The number of anilines is 2. The molecule has 0 fully saturated rings. The van der Waals surface area contributed by atoms with Crippen molar-refractivity contribution in [3.05, 3.63) is 57.4 Å². The van der Waals surface area contributed by atoms with Crippen LogP contribution < -0.4 is 15.0 Å². The van der Waals surface area contributed by atoms with Gasteiger partial charge in [0.05, 0.1) is 16.4 Å². The second-order valence-corrected chi connectivity index (χ2v) is 9.53. The molecule has 0 aliphatic carbocycles.